The predicted octanol–water partition coefficient (Wildman–Crippen LogP) is 2.21. The number of para-hydroxylation sites is 1. The summed E-state index contributed by atoms with van der Waals surface area (Å²) in [6.45, 7) is 2.68. The topological polar surface area (TPSA) is 74.9 Å². The first-order valence-corrected chi connectivity index (χ1v) is 6.57. The quantitative estimate of drug-likeness (QED) is 0.723. The van der Waals surface area contributed by atoms with Crippen LogP contribution in [0.4, 0.5) is 0 Å². The van der Waals surface area contributed by atoms with Crippen LogP contribution < -0.4 is 10.1 Å². The maximum Gasteiger partial charge on any atom is 0.162 e. The fraction of sp³-hybridized carbons (Fsp3) is 0.333. The molecule has 0 bridgehead atoms. The average Bonchev–Trinajstić information content (AvgIpc) is 2.97. The van der Waals surface area contributed by atoms with E-state index in [2.05, 4.69) is 5.32 Å². The number of hydrogen-bond acceptors (Lipinski definition) is 5. The maximum absolute atomic E-state index is 10.1. The van der Waals surface area contributed by atoms with Crippen LogP contribution in [-0.4, -0.2) is 23.4 Å². The number of hydrogen-bond donors (Lipinski definition) is 3. The molecule has 0 saturated carbocycles. The molecule has 108 valence electrons. The molecule has 1 aromatic carbocycles. The van der Waals surface area contributed by atoms with Crippen molar-refractivity contribution in [3.63, 3.8) is 0 Å². The Labute approximate surface area is 117 Å². The van der Waals surface area contributed by atoms with Gasteiger partial charge in [-0.1, -0.05) is 12.1 Å². The summed E-state index contributed by atoms with van der Waals surface area (Å²) in [5.74, 6) is 1.25. The minimum Gasteiger partial charge on any atom is -0.504 e. The van der Waals surface area contributed by atoms with Crippen molar-refractivity contribution in [1.29, 1.82) is 0 Å². The molecule has 2 rings (SSSR count). The molecule has 0 aliphatic rings. The minimum absolute atomic E-state index is 0.0839. The van der Waals surface area contributed by atoms with Crippen LogP contribution in [0.2, 0.25) is 0 Å². The van der Waals surface area contributed by atoms with Gasteiger partial charge in [-0.3, -0.25) is 0 Å². The molecular weight excluding hydrogens is 258 g/mol. The van der Waals surface area contributed by atoms with Gasteiger partial charge in [0.05, 0.1) is 25.5 Å². The Balaban J connectivity index is 2.05. The van der Waals surface area contributed by atoms with Crippen molar-refractivity contribution < 1.29 is 19.4 Å². The molecule has 3 N–H and O–H groups in total. The number of nitrogens with one attached hydrogen (secondary N) is 1. The third-order valence-electron chi connectivity index (χ3n) is 2.99. The summed E-state index contributed by atoms with van der Waals surface area (Å²) < 4.78 is 10.6. The van der Waals surface area contributed by atoms with Crippen LogP contribution in [0, 0.1) is 0 Å². The zero-order valence-electron chi connectivity index (χ0n) is 11.4. The number of aliphatic hydroxyl groups excluding tert-OH is 1. The molecule has 0 aliphatic carbocycles. The van der Waals surface area contributed by atoms with Gasteiger partial charge in [0.15, 0.2) is 11.5 Å². The van der Waals surface area contributed by atoms with Gasteiger partial charge in [-0.05, 0) is 25.1 Å². The van der Waals surface area contributed by atoms with E-state index in [0.29, 0.717) is 30.2 Å². The molecule has 0 spiro atoms. The summed E-state index contributed by atoms with van der Waals surface area (Å²) in [4.78, 5) is 0. The van der Waals surface area contributed by atoms with Crippen molar-refractivity contribution in [2.45, 2.75) is 19.5 Å². The first-order chi connectivity index (χ1) is 9.76. The van der Waals surface area contributed by atoms with E-state index in [1.165, 1.54) is 0 Å². The van der Waals surface area contributed by atoms with E-state index in [0.717, 1.165) is 0 Å². The van der Waals surface area contributed by atoms with Gasteiger partial charge >= 0.3 is 0 Å². The predicted molar refractivity (Wildman–Crippen MR) is 74.7 cm³/mol. The molecule has 5 nitrogen and oxygen atoms in total. The fourth-order valence-corrected chi connectivity index (χ4v) is 1.96. The SMILES string of the molecule is CCOc1cccc(CNC(CO)c2ccco2)c1O. The Morgan fingerprint density at radius 2 is 2.15 bits per heavy atom. The molecule has 5 heteroatoms. The monoisotopic (exact) mass is 277 g/mol. The lowest BCUT2D eigenvalue weighted by Crippen LogP contribution is -2.23. The Morgan fingerprint density at radius 1 is 1.30 bits per heavy atom. The minimum atomic E-state index is -0.305. The van der Waals surface area contributed by atoms with Crippen molar-refractivity contribution in [3.05, 3.63) is 47.9 Å². The number of furan rings is 1. The van der Waals surface area contributed by atoms with E-state index >= 15 is 0 Å². The molecule has 1 aromatic heterocycles. The van der Waals surface area contributed by atoms with Gasteiger partial charge in [-0.2, -0.15) is 0 Å². The molecule has 20 heavy (non-hydrogen) atoms. The van der Waals surface area contributed by atoms with Crippen LogP contribution in [-0.2, 0) is 6.54 Å². The largest absolute Gasteiger partial charge is 0.504 e. The highest BCUT2D eigenvalue weighted by atomic mass is 16.5. The zero-order chi connectivity index (χ0) is 14.4. The van der Waals surface area contributed by atoms with Crippen molar-refractivity contribution >= 4 is 0 Å². The Hall–Kier alpha value is -1.98. The van der Waals surface area contributed by atoms with E-state index in [-0.39, 0.29) is 18.4 Å². The first kappa shape index (κ1) is 14.4. The Kier molecular flexibility index (Phi) is 5.03. The fourth-order valence-electron chi connectivity index (χ4n) is 1.96. The van der Waals surface area contributed by atoms with Crippen LogP contribution in [0.1, 0.15) is 24.3 Å². The van der Waals surface area contributed by atoms with Crippen molar-refractivity contribution in [3.8, 4) is 11.5 Å². The molecule has 2 aromatic rings. The van der Waals surface area contributed by atoms with Gasteiger partial charge in [0.1, 0.15) is 5.76 Å². The maximum atomic E-state index is 10.1. The summed E-state index contributed by atoms with van der Waals surface area (Å²) in [6.07, 6.45) is 1.56. The highest BCUT2D eigenvalue weighted by molar-refractivity contribution is 5.45. The average molecular weight is 277 g/mol. The van der Waals surface area contributed by atoms with Crippen LogP contribution in [0.15, 0.2) is 41.0 Å². The third kappa shape index (κ3) is 3.31. The summed E-state index contributed by atoms with van der Waals surface area (Å²) in [5, 5.41) is 22.6. The molecule has 0 amide bonds. The molecule has 0 fully saturated rings. The van der Waals surface area contributed by atoms with Crippen molar-refractivity contribution in [2.24, 2.45) is 0 Å². The van der Waals surface area contributed by atoms with Crippen LogP contribution in [0.3, 0.4) is 0 Å². The number of ether oxygens (including phenoxy) is 1. The smallest absolute Gasteiger partial charge is 0.162 e. The van der Waals surface area contributed by atoms with Gasteiger partial charge in [0.25, 0.3) is 0 Å². The number of phenolic OH excluding ortho intramolecular Hbond substituents is 1. The summed E-state index contributed by atoms with van der Waals surface area (Å²) >= 11 is 0. The van der Waals surface area contributed by atoms with Crippen LogP contribution in [0.5, 0.6) is 11.5 Å². The van der Waals surface area contributed by atoms with E-state index in [9.17, 15) is 10.2 Å². The molecule has 0 aliphatic heterocycles. The Morgan fingerprint density at radius 3 is 2.80 bits per heavy atom. The summed E-state index contributed by atoms with van der Waals surface area (Å²) in [7, 11) is 0. The molecule has 1 unspecified atom stereocenters. The number of benzene rings is 1. The second-order valence-electron chi connectivity index (χ2n) is 4.33. The first-order valence-electron chi connectivity index (χ1n) is 6.57. The van der Waals surface area contributed by atoms with Crippen molar-refractivity contribution in [1.82, 2.24) is 5.32 Å². The molecule has 0 saturated heterocycles. The second-order valence-corrected chi connectivity index (χ2v) is 4.33. The molecule has 0 radical (unpaired) electrons. The third-order valence-corrected chi connectivity index (χ3v) is 2.99. The molecular formula is C15H19NO4. The zero-order valence-corrected chi connectivity index (χ0v) is 11.4. The number of rotatable bonds is 7. The van der Waals surface area contributed by atoms with Gasteiger partial charge in [0.2, 0.25) is 0 Å². The number of aromatic hydroxyl groups is 1. The van der Waals surface area contributed by atoms with E-state index in [1.54, 1.807) is 30.5 Å². The highest BCUT2D eigenvalue weighted by Gasteiger charge is 2.14. The number of aliphatic hydroxyl groups is 1. The van der Waals surface area contributed by atoms with E-state index in [4.69, 9.17) is 9.15 Å². The van der Waals surface area contributed by atoms with Gasteiger partial charge in [-0.25, -0.2) is 0 Å². The summed E-state index contributed by atoms with van der Waals surface area (Å²) in [5.41, 5.74) is 0.709. The van der Waals surface area contributed by atoms with Crippen LogP contribution in [0.25, 0.3) is 0 Å². The number of phenols is 1. The van der Waals surface area contributed by atoms with Crippen molar-refractivity contribution in [2.75, 3.05) is 13.2 Å². The highest BCUT2D eigenvalue weighted by Crippen LogP contribution is 2.30. The van der Waals surface area contributed by atoms with E-state index in [1.807, 2.05) is 13.0 Å². The normalized spacial score (nSPS) is 12.3. The van der Waals surface area contributed by atoms with Gasteiger partial charge in [0, 0.05) is 12.1 Å². The lowest BCUT2D eigenvalue weighted by atomic mass is 10.1. The van der Waals surface area contributed by atoms with E-state index < -0.39 is 0 Å². The standard InChI is InChI=1S/C15H19NO4/c1-2-19-14-6-3-5-11(15(14)18)9-16-12(10-17)13-7-4-8-20-13/h3-8,12,16-18H,2,9-10H2,1H3. The molecule has 1 atom stereocenters. The second kappa shape index (κ2) is 6.98. The van der Waals surface area contributed by atoms with Crippen LogP contribution >= 0.6 is 0 Å². The lowest BCUT2D eigenvalue weighted by molar-refractivity contribution is 0.225. The lowest BCUT2D eigenvalue weighted by Gasteiger charge is -2.15. The molecule has 1 heterocycles. The van der Waals surface area contributed by atoms with Gasteiger partial charge < -0.3 is 24.7 Å². The van der Waals surface area contributed by atoms with Gasteiger partial charge in [-0.15, -0.1) is 0 Å². The summed E-state index contributed by atoms with van der Waals surface area (Å²) in [6, 6.07) is 8.61. The Bertz CT molecular complexity index is 525.